The lowest BCUT2D eigenvalue weighted by Gasteiger charge is -2.54. The maximum Gasteiger partial charge on any atom is 0.117 e. The smallest absolute Gasteiger partial charge is 0.117 e. The summed E-state index contributed by atoms with van der Waals surface area (Å²) in [7, 11) is 0. The lowest BCUT2D eigenvalue weighted by Crippen LogP contribution is -2.55. The molecule has 110 valence electrons. The van der Waals surface area contributed by atoms with E-state index in [0.29, 0.717) is 12.8 Å². The summed E-state index contributed by atoms with van der Waals surface area (Å²) >= 11 is 0. The van der Waals surface area contributed by atoms with Gasteiger partial charge in [0.25, 0.3) is 0 Å². The maximum absolute atomic E-state index is 11.4. The van der Waals surface area contributed by atoms with Gasteiger partial charge < -0.3 is 15.5 Å². The zero-order valence-corrected chi connectivity index (χ0v) is 12.1. The molecule has 5 rings (SSSR count). The van der Waals surface area contributed by atoms with E-state index in [1.807, 2.05) is 54.6 Å². The van der Waals surface area contributed by atoms with E-state index in [2.05, 4.69) is 5.32 Å². The molecule has 22 heavy (non-hydrogen) atoms. The van der Waals surface area contributed by atoms with Crippen LogP contribution in [0.1, 0.15) is 35.6 Å². The fourth-order valence-corrected chi connectivity index (χ4v) is 4.49. The standard InChI is InChI=1S/C19H17NO2/c21-18-10-9-15-12-5-2-4-8-16(12)20-17(19(15,22)11-18)13-6-1-3-7-14(13)18/h1-9,17,20-22H,10-11H2/t17-,18+,19+/m1/s1. The average molecular weight is 291 g/mol. The second kappa shape index (κ2) is 3.80. The molecule has 0 saturated carbocycles. The van der Waals surface area contributed by atoms with Crippen LogP contribution in [0.4, 0.5) is 5.69 Å². The first-order chi connectivity index (χ1) is 10.6. The molecule has 3 atom stereocenters. The third-order valence-corrected chi connectivity index (χ3v) is 5.44. The van der Waals surface area contributed by atoms with Gasteiger partial charge in [-0.3, -0.25) is 0 Å². The van der Waals surface area contributed by atoms with Gasteiger partial charge in [-0.15, -0.1) is 0 Å². The molecule has 0 amide bonds. The minimum Gasteiger partial charge on any atom is -0.385 e. The van der Waals surface area contributed by atoms with E-state index in [1.165, 1.54) is 0 Å². The summed E-state index contributed by atoms with van der Waals surface area (Å²) < 4.78 is 0. The first kappa shape index (κ1) is 12.4. The van der Waals surface area contributed by atoms with Crippen molar-refractivity contribution in [2.45, 2.75) is 30.1 Å². The van der Waals surface area contributed by atoms with Crippen LogP contribution in [0.5, 0.6) is 0 Å². The fourth-order valence-electron chi connectivity index (χ4n) is 4.49. The number of benzene rings is 2. The van der Waals surface area contributed by atoms with Crippen LogP contribution < -0.4 is 5.32 Å². The number of anilines is 1. The average Bonchev–Trinajstić information content (AvgIpc) is 2.53. The van der Waals surface area contributed by atoms with E-state index in [9.17, 15) is 10.2 Å². The van der Waals surface area contributed by atoms with Crippen molar-refractivity contribution in [2.24, 2.45) is 0 Å². The van der Waals surface area contributed by atoms with Crippen molar-refractivity contribution < 1.29 is 10.2 Å². The Morgan fingerprint density at radius 1 is 1.00 bits per heavy atom. The Morgan fingerprint density at radius 2 is 1.77 bits per heavy atom. The molecular formula is C19H17NO2. The van der Waals surface area contributed by atoms with E-state index in [-0.39, 0.29) is 6.04 Å². The highest BCUT2D eigenvalue weighted by atomic mass is 16.3. The third kappa shape index (κ3) is 1.33. The Morgan fingerprint density at radius 3 is 2.68 bits per heavy atom. The van der Waals surface area contributed by atoms with Crippen LogP contribution in [0.25, 0.3) is 5.57 Å². The molecule has 3 heteroatoms. The molecule has 1 aliphatic heterocycles. The molecule has 1 heterocycles. The number of fused-ring (bicyclic) bond motifs is 6. The fraction of sp³-hybridized carbons (Fsp3) is 0.263. The summed E-state index contributed by atoms with van der Waals surface area (Å²) in [5.74, 6) is 0. The quantitative estimate of drug-likeness (QED) is 0.699. The number of para-hydroxylation sites is 1. The summed E-state index contributed by atoms with van der Waals surface area (Å²) in [4.78, 5) is 0. The number of hydrogen-bond donors (Lipinski definition) is 3. The van der Waals surface area contributed by atoms with Crippen molar-refractivity contribution in [1.29, 1.82) is 0 Å². The summed E-state index contributed by atoms with van der Waals surface area (Å²) in [6.45, 7) is 0. The molecule has 2 aliphatic carbocycles. The summed E-state index contributed by atoms with van der Waals surface area (Å²) in [5, 5.41) is 26.0. The SMILES string of the molecule is O[C@]12CC=C3c4ccccc4N[C@H](c4ccccc41)[C@]3(O)C2. The molecule has 2 aromatic rings. The second-order valence-electron chi connectivity index (χ2n) is 6.66. The van der Waals surface area contributed by atoms with E-state index in [1.54, 1.807) is 0 Å². The van der Waals surface area contributed by atoms with Crippen molar-refractivity contribution in [2.75, 3.05) is 5.32 Å². The van der Waals surface area contributed by atoms with Crippen LogP contribution in [0, 0.1) is 0 Å². The highest BCUT2D eigenvalue weighted by molar-refractivity contribution is 5.87. The number of nitrogens with one attached hydrogen (secondary N) is 1. The summed E-state index contributed by atoms with van der Waals surface area (Å²) in [6, 6.07) is 15.8. The zero-order valence-electron chi connectivity index (χ0n) is 12.1. The van der Waals surface area contributed by atoms with Gasteiger partial charge in [-0.25, -0.2) is 0 Å². The van der Waals surface area contributed by atoms with Gasteiger partial charge in [-0.05, 0) is 29.2 Å². The Balaban J connectivity index is 1.85. The van der Waals surface area contributed by atoms with Crippen LogP contribution in [0.3, 0.4) is 0 Å². The summed E-state index contributed by atoms with van der Waals surface area (Å²) in [5.41, 5.74) is 2.94. The van der Waals surface area contributed by atoms with Crippen LogP contribution in [0.15, 0.2) is 54.6 Å². The lowest BCUT2D eigenvalue weighted by atomic mass is 9.59. The zero-order chi connectivity index (χ0) is 14.9. The number of rotatable bonds is 0. The first-order valence-corrected chi connectivity index (χ1v) is 7.73. The Labute approximate surface area is 128 Å². The van der Waals surface area contributed by atoms with Gasteiger partial charge in [0.05, 0.1) is 11.6 Å². The molecule has 0 saturated heterocycles. The number of hydrogen-bond acceptors (Lipinski definition) is 3. The van der Waals surface area contributed by atoms with Crippen LogP contribution in [0.2, 0.25) is 0 Å². The van der Waals surface area contributed by atoms with Crippen molar-refractivity contribution in [1.82, 2.24) is 0 Å². The van der Waals surface area contributed by atoms with Gasteiger partial charge in [0.2, 0.25) is 0 Å². The molecule has 0 aromatic heterocycles. The predicted octanol–water partition coefficient (Wildman–Crippen LogP) is 2.96. The first-order valence-electron chi connectivity index (χ1n) is 7.73. The molecule has 3 N–H and O–H groups in total. The normalized spacial score (nSPS) is 34.1. The van der Waals surface area contributed by atoms with Crippen molar-refractivity contribution in [3.63, 3.8) is 0 Å². The molecule has 2 aromatic carbocycles. The Kier molecular flexibility index (Phi) is 2.15. The lowest BCUT2D eigenvalue weighted by molar-refractivity contribution is -0.0688. The molecule has 3 aliphatic rings. The van der Waals surface area contributed by atoms with Crippen LogP contribution in [-0.2, 0) is 5.60 Å². The molecule has 0 radical (unpaired) electrons. The maximum atomic E-state index is 11.4. The minimum atomic E-state index is -1.06. The Bertz CT molecular complexity index is 828. The molecule has 0 fully saturated rings. The third-order valence-electron chi connectivity index (χ3n) is 5.44. The summed E-state index contributed by atoms with van der Waals surface area (Å²) in [6.07, 6.45) is 2.91. The molecular weight excluding hydrogens is 274 g/mol. The highest BCUT2D eigenvalue weighted by Crippen LogP contribution is 2.59. The topological polar surface area (TPSA) is 52.5 Å². The van der Waals surface area contributed by atoms with Gasteiger partial charge in [0, 0.05) is 17.7 Å². The van der Waals surface area contributed by atoms with E-state index in [4.69, 9.17) is 0 Å². The molecule has 3 nitrogen and oxygen atoms in total. The van der Waals surface area contributed by atoms with Gasteiger partial charge in [0.15, 0.2) is 0 Å². The molecule has 0 spiro atoms. The Hall–Kier alpha value is -2.10. The largest absolute Gasteiger partial charge is 0.385 e. The van der Waals surface area contributed by atoms with Gasteiger partial charge in [-0.2, -0.15) is 0 Å². The van der Waals surface area contributed by atoms with E-state index in [0.717, 1.165) is 28.0 Å². The number of aliphatic hydroxyl groups is 2. The monoisotopic (exact) mass is 291 g/mol. The molecule has 2 bridgehead atoms. The predicted molar refractivity (Wildman–Crippen MR) is 85.3 cm³/mol. The van der Waals surface area contributed by atoms with Gasteiger partial charge in [-0.1, -0.05) is 48.5 Å². The van der Waals surface area contributed by atoms with Crippen LogP contribution in [-0.4, -0.2) is 15.8 Å². The van der Waals surface area contributed by atoms with E-state index < -0.39 is 11.2 Å². The van der Waals surface area contributed by atoms with Crippen molar-refractivity contribution >= 4 is 11.3 Å². The highest BCUT2D eigenvalue weighted by Gasteiger charge is 2.57. The van der Waals surface area contributed by atoms with E-state index >= 15 is 0 Å². The van der Waals surface area contributed by atoms with Crippen molar-refractivity contribution in [3.05, 3.63) is 71.3 Å². The van der Waals surface area contributed by atoms with Crippen LogP contribution >= 0.6 is 0 Å². The van der Waals surface area contributed by atoms with Crippen molar-refractivity contribution in [3.8, 4) is 0 Å². The minimum absolute atomic E-state index is 0.217. The molecule has 0 unspecified atom stereocenters. The van der Waals surface area contributed by atoms with Gasteiger partial charge in [0.1, 0.15) is 5.60 Å². The second-order valence-corrected chi connectivity index (χ2v) is 6.66. The van der Waals surface area contributed by atoms with Gasteiger partial charge >= 0.3 is 0 Å².